The van der Waals surface area contributed by atoms with Gasteiger partial charge in [-0.2, -0.15) is 24.7 Å². The van der Waals surface area contributed by atoms with E-state index in [1.165, 1.54) is 17.3 Å². The van der Waals surface area contributed by atoms with Crippen LogP contribution in [0, 0.1) is 0 Å². The molecule has 1 aliphatic rings. The predicted molar refractivity (Wildman–Crippen MR) is 72.4 cm³/mol. The molecule has 0 fully saturated rings. The molecule has 2 N–H and O–H groups in total. The van der Waals surface area contributed by atoms with Gasteiger partial charge in [0.25, 0.3) is 5.95 Å². The highest BCUT2D eigenvalue weighted by atomic mass is 15.4. The Morgan fingerprint density at radius 1 is 1.10 bits per heavy atom. The van der Waals surface area contributed by atoms with Crippen LogP contribution >= 0.6 is 0 Å². The number of fused-ring (bicyclic) bond motifs is 1. The predicted octanol–water partition coefficient (Wildman–Crippen LogP) is -0.749. The Hall–Kier alpha value is -3.04. The third-order valence-electron chi connectivity index (χ3n) is 3.28. The minimum atomic E-state index is 0.152. The Morgan fingerprint density at radius 2 is 2.00 bits per heavy atom. The van der Waals surface area contributed by atoms with E-state index in [0.29, 0.717) is 18.4 Å². The summed E-state index contributed by atoms with van der Waals surface area (Å²) in [6, 6.07) is 0. The van der Waals surface area contributed by atoms with E-state index in [2.05, 4.69) is 34.6 Å². The number of nitrogens with zero attached hydrogens (tertiary/aromatic N) is 9. The van der Waals surface area contributed by atoms with Gasteiger partial charge >= 0.3 is 0 Å². The van der Waals surface area contributed by atoms with E-state index in [9.17, 15) is 0 Å². The van der Waals surface area contributed by atoms with Gasteiger partial charge in [-0.15, -0.1) is 0 Å². The van der Waals surface area contributed by atoms with E-state index in [4.69, 9.17) is 5.73 Å². The van der Waals surface area contributed by atoms with Gasteiger partial charge in [-0.05, 0) is 0 Å². The smallest absolute Gasteiger partial charge is 0.258 e. The van der Waals surface area contributed by atoms with Gasteiger partial charge in [0.1, 0.15) is 18.5 Å². The lowest BCUT2D eigenvalue weighted by Crippen LogP contribution is -2.35. The van der Waals surface area contributed by atoms with Crippen molar-refractivity contribution >= 4 is 11.9 Å². The highest BCUT2D eigenvalue weighted by Crippen LogP contribution is 2.17. The first-order chi connectivity index (χ1) is 10.3. The van der Waals surface area contributed by atoms with Crippen LogP contribution in [0.15, 0.2) is 25.0 Å². The van der Waals surface area contributed by atoms with Crippen molar-refractivity contribution in [2.24, 2.45) is 0 Å². The molecule has 1 aliphatic heterocycles. The van der Waals surface area contributed by atoms with Gasteiger partial charge < -0.3 is 15.2 Å². The van der Waals surface area contributed by atoms with Gasteiger partial charge in [-0.1, -0.05) is 0 Å². The summed E-state index contributed by atoms with van der Waals surface area (Å²) >= 11 is 0. The molecule has 0 amide bonds. The largest absolute Gasteiger partial charge is 0.368 e. The number of anilines is 2. The second-order valence-electron chi connectivity index (χ2n) is 4.59. The van der Waals surface area contributed by atoms with Crippen LogP contribution in [0.25, 0.3) is 5.95 Å². The van der Waals surface area contributed by atoms with Crippen LogP contribution in [0.2, 0.25) is 0 Å². The van der Waals surface area contributed by atoms with Crippen LogP contribution in [0.4, 0.5) is 11.9 Å². The van der Waals surface area contributed by atoms with Crippen LogP contribution in [0.1, 0.15) is 5.82 Å². The number of hydrogen-bond acceptors (Lipinski definition) is 8. The molecule has 106 valence electrons. The molecule has 0 radical (unpaired) electrons. The highest BCUT2D eigenvalue weighted by molar-refractivity contribution is 5.38. The van der Waals surface area contributed by atoms with Crippen molar-refractivity contribution in [3.63, 3.8) is 0 Å². The third kappa shape index (κ3) is 2.06. The third-order valence-corrected chi connectivity index (χ3v) is 3.28. The molecule has 0 spiro atoms. The van der Waals surface area contributed by atoms with Crippen molar-refractivity contribution < 1.29 is 0 Å². The lowest BCUT2D eigenvalue weighted by atomic mass is 10.4. The molecule has 0 aromatic carbocycles. The maximum atomic E-state index is 5.78. The van der Waals surface area contributed by atoms with Crippen LogP contribution in [-0.4, -0.2) is 45.8 Å². The summed E-state index contributed by atoms with van der Waals surface area (Å²) in [5, 5.41) is 4.00. The summed E-state index contributed by atoms with van der Waals surface area (Å²) < 4.78 is 3.56. The van der Waals surface area contributed by atoms with Crippen molar-refractivity contribution in [3.05, 3.63) is 30.9 Å². The van der Waals surface area contributed by atoms with Gasteiger partial charge in [0.2, 0.25) is 11.9 Å². The molecule has 3 aromatic rings. The summed E-state index contributed by atoms with van der Waals surface area (Å²) in [6.45, 7) is 2.25. The normalized spacial score (nSPS) is 14.2. The zero-order valence-electron chi connectivity index (χ0n) is 11.0. The van der Waals surface area contributed by atoms with Crippen LogP contribution in [0.3, 0.4) is 0 Å². The second kappa shape index (κ2) is 4.51. The molecule has 0 aliphatic carbocycles. The fraction of sp³-hybridized carbons (Fsp3) is 0.273. The van der Waals surface area contributed by atoms with Gasteiger partial charge in [0.15, 0.2) is 0 Å². The van der Waals surface area contributed by atoms with Crippen molar-refractivity contribution in [1.82, 2.24) is 39.3 Å². The number of nitrogens with two attached hydrogens (primary N) is 1. The first kappa shape index (κ1) is 11.8. The van der Waals surface area contributed by atoms with Crippen molar-refractivity contribution in [2.75, 3.05) is 17.2 Å². The molecular weight excluding hydrogens is 272 g/mol. The lowest BCUT2D eigenvalue weighted by Gasteiger charge is -2.27. The number of aromatic nitrogens is 8. The van der Waals surface area contributed by atoms with E-state index >= 15 is 0 Å². The maximum Gasteiger partial charge on any atom is 0.258 e. The maximum absolute atomic E-state index is 5.78. The SMILES string of the molecule is Nc1nc(N2CCn3ccnc3C2)nc(-n2cncn2)n1. The van der Waals surface area contributed by atoms with E-state index in [1.54, 1.807) is 6.20 Å². The van der Waals surface area contributed by atoms with Gasteiger partial charge in [-0.25, -0.2) is 9.97 Å². The molecule has 10 heteroatoms. The van der Waals surface area contributed by atoms with Crippen LogP contribution < -0.4 is 10.6 Å². The Balaban J connectivity index is 1.70. The fourth-order valence-corrected chi connectivity index (χ4v) is 2.27. The monoisotopic (exact) mass is 284 g/mol. The molecule has 0 bridgehead atoms. The zero-order valence-corrected chi connectivity index (χ0v) is 11.0. The van der Waals surface area contributed by atoms with E-state index in [-0.39, 0.29) is 5.95 Å². The van der Waals surface area contributed by atoms with Crippen molar-refractivity contribution in [3.8, 4) is 5.95 Å². The number of rotatable bonds is 2. The first-order valence-electron chi connectivity index (χ1n) is 6.41. The number of imidazole rings is 1. The van der Waals surface area contributed by atoms with E-state index < -0.39 is 0 Å². The molecule has 4 rings (SSSR count). The quantitative estimate of drug-likeness (QED) is 0.653. The van der Waals surface area contributed by atoms with Crippen LogP contribution in [-0.2, 0) is 13.1 Å². The average Bonchev–Trinajstić information content (AvgIpc) is 3.17. The van der Waals surface area contributed by atoms with Gasteiger partial charge in [0, 0.05) is 25.5 Å². The molecule has 0 saturated heterocycles. The summed E-state index contributed by atoms with van der Waals surface area (Å²) in [5.41, 5.74) is 5.78. The van der Waals surface area contributed by atoms with Crippen molar-refractivity contribution in [2.45, 2.75) is 13.1 Å². The van der Waals surface area contributed by atoms with Crippen LogP contribution in [0.5, 0.6) is 0 Å². The molecular formula is C11H12N10. The Labute approximate surface area is 119 Å². The van der Waals surface area contributed by atoms with Crippen molar-refractivity contribution in [1.29, 1.82) is 0 Å². The van der Waals surface area contributed by atoms with Gasteiger partial charge in [0.05, 0.1) is 6.54 Å². The number of hydrogen-bond donors (Lipinski definition) is 1. The fourth-order valence-electron chi connectivity index (χ4n) is 2.27. The highest BCUT2D eigenvalue weighted by Gasteiger charge is 2.20. The summed E-state index contributed by atoms with van der Waals surface area (Å²) in [6.07, 6.45) is 6.69. The Morgan fingerprint density at radius 3 is 2.86 bits per heavy atom. The van der Waals surface area contributed by atoms with E-state index in [0.717, 1.165) is 18.9 Å². The second-order valence-corrected chi connectivity index (χ2v) is 4.59. The molecule has 0 unspecified atom stereocenters. The molecule has 0 saturated carbocycles. The minimum absolute atomic E-state index is 0.152. The Bertz CT molecular complexity index is 761. The summed E-state index contributed by atoms with van der Waals surface area (Å²) in [5.74, 6) is 1.99. The molecule has 3 aromatic heterocycles. The van der Waals surface area contributed by atoms with E-state index in [1.807, 2.05) is 11.1 Å². The minimum Gasteiger partial charge on any atom is -0.368 e. The number of nitrogen functional groups attached to an aromatic ring is 1. The summed E-state index contributed by atoms with van der Waals surface area (Å²) in [7, 11) is 0. The summed E-state index contributed by atoms with van der Waals surface area (Å²) in [4.78, 5) is 22.9. The van der Waals surface area contributed by atoms with Gasteiger partial charge in [-0.3, -0.25) is 0 Å². The molecule has 4 heterocycles. The standard InChI is InChI=1S/C11H12N10/c12-9-16-10(18-11(17-9)21-7-13-6-15-21)20-4-3-19-2-1-14-8(19)5-20/h1-2,6-7H,3-5H2,(H2,12,16,17,18). The molecule has 0 atom stereocenters. The lowest BCUT2D eigenvalue weighted by molar-refractivity contribution is 0.550. The first-order valence-corrected chi connectivity index (χ1v) is 6.41. The topological polar surface area (TPSA) is 116 Å². The zero-order chi connectivity index (χ0) is 14.2. The molecule has 21 heavy (non-hydrogen) atoms. The Kier molecular flexibility index (Phi) is 2.52. The average molecular weight is 284 g/mol. The molecule has 10 nitrogen and oxygen atoms in total.